The van der Waals surface area contributed by atoms with Crippen molar-refractivity contribution in [3.05, 3.63) is 41.4 Å². The van der Waals surface area contributed by atoms with Crippen LogP contribution in [0.15, 0.2) is 35.6 Å². The Morgan fingerprint density at radius 2 is 1.79 bits per heavy atom. The number of pyridine rings is 2. The molecule has 1 saturated carbocycles. The number of hydrogen-bond acceptors (Lipinski definition) is 7. The quantitative estimate of drug-likeness (QED) is 0.661. The summed E-state index contributed by atoms with van der Waals surface area (Å²) in [5.74, 6) is -0.115. The number of sulfone groups is 1. The summed E-state index contributed by atoms with van der Waals surface area (Å²) >= 11 is 5.79. The van der Waals surface area contributed by atoms with E-state index in [1.807, 2.05) is 9.80 Å². The summed E-state index contributed by atoms with van der Waals surface area (Å²) in [5, 5.41) is 3.26. The van der Waals surface area contributed by atoms with Crippen molar-refractivity contribution in [1.82, 2.24) is 14.9 Å². The Morgan fingerprint density at radius 1 is 1.03 bits per heavy atom. The summed E-state index contributed by atoms with van der Waals surface area (Å²) in [4.78, 5) is 25.0. The molecule has 8 nitrogen and oxygen atoms in total. The number of hydrogen-bond donors (Lipinski definition) is 1. The first-order chi connectivity index (χ1) is 15.8. The molecule has 3 fully saturated rings. The van der Waals surface area contributed by atoms with Gasteiger partial charge in [0.2, 0.25) is 5.91 Å². The van der Waals surface area contributed by atoms with Gasteiger partial charge in [-0.1, -0.05) is 11.6 Å². The molecule has 2 aliphatic heterocycles. The minimum atomic E-state index is -3.33. The summed E-state index contributed by atoms with van der Waals surface area (Å²) in [6.45, 7) is 1.87. The van der Waals surface area contributed by atoms with E-state index in [1.54, 1.807) is 6.07 Å². The van der Waals surface area contributed by atoms with Crippen LogP contribution in [0.1, 0.15) is 32.1 Å². The van der Waals surface area contributed by atoms with E-state index in [4.69, 9.17) is 11.6 Å². The van der Waals surface area contributed by atoms with Crippen molar-refractivity contribution in [3.8, 4) is 0 Å². The highest BCUT2D eigenvalue weighted by molar-refractivity contribution is 7.92. The lowest BCUT2D eigenvalue weighted by atomic mass is 10.0. The van der Waals surface area contributed by atoms with Crippen molar-refractivity contribution in [2.24, 2.45) is 0 Å². The molecule has 1 amide bonds. The van der Waals surface area contributed by atoms with E-state index in [2.05, 4.69) is 15.3 Å². The zero-order chi connectivity index (χ0) is 23.2. The molecule has 3 aliphatic rings. The fourth-order valence-corrected chi connectivity index (χ4v) is 6.31. The number of likely N-dealkylation sites (tertiary alicyclic amines) is 1. The Labute approximate surface area is 197 Å². The minimum absolute atomic E-state index is 0.0268. The van der Waals surface area contributed by atoms with E-state index in [0.29, 0.717) is 50.4 Å². The SMILES string of the molecule is O=C1[C@@H](Nc2ccc(S(=O)(=O)C3CC3)nc2)CCN1C1CCN(c2ncc(Cl)cc2F)CC1. The molecule has 0 radical (unpaired) electrons. The van der Waals surface area contributed by atoms with Crippen LogP contribution in [0, 0.1) is 5.82 Å². The van der Waals surface area contributed by atoms with Crippen molar-refractivity contribution in [3.63, 3.8) is 0 Å². The van der Waals surface area contributed by atoms with Crippen LogP contribution in [-0.2, 0) is 14.6 Å². The number of rotatable bonds is 6. The lowest BCUT2D eigenvalue weighted by Gasteiger charge is -2.37. The number of carbonyl (C=O) groups excluding carboxylic acids is 1. The Hall–Kier alpha value is -2.46. The van der Waals surface area contributed by atoms with Crippen molar-refractivity contribution in [2.75, 3.05) is 29.9 Å². The maximum absolute atomic E-state index is 14.2. The molecule has 1 N–H and O–H groups in total. The van der Waals surface area contributed by atoms with Crippen LogP contribution < -0.4 is 10.2 Å². The smallest absolute Gasteiger partial charge is 0.245 e. The minimum Gasteiger partial charge on any atom is -0.372 e. The van der Waals surface area contributed by atoms with Crippen LogP contribution in [0.2, 0.25) is 5.02 Å². The summed E-state index contributed by atoms with van der Waals surface area (Å²) in [7, 11) is -3.33. The zero-order valence-electron chi connectivity index (χ0n) is 18.0. The summed E-state index contributed by atoms with van der Waals surface area (Å²) in [5.41, 5.74) is 0.629. The highest BCUT2D eigenvalue weighted by atomic mass is 35.5. The van der Waals surface area contributed by atoms with Gasteiger partial charge in [-0.2, -0.15) is 0 Å². The molecule has 1 aliphatic carbocycles. The molecule has 1 atom stereocenters. The first kappa shape index (κ1) is 22.3. The predicted molar refractivity (Wildman–Crippen MR) is 123 cm³/mol. The Kier molecular flexibility index (Phi) is 5.90. The molecular weight excluding hydrogens is 469 g/mol. The van der Waals surface area contributed by atoms with E-state index >= 15 is 0 Å². The number of piperidine rings is 1. The average Bonchev–Trinajstić information content (AvgIpc) is 3.60. The van der Waals surface area contributed by atoms with Crippen LogP contribution >= 0.6 is 11.6 Å². The normalized spacial score (nSPS) is 22.1. The predicted octanol–water partition coefficient (Wildman–Crippen LogP) is 2.89. The first-order valence-electron chi connectivity index (χ1n) is 11.2. The number of aromatic nitrogens is 2. The van der Waals surface area contributed by atoms with Gasteiger partial charge in [-0.3, -0.25) is 4.79 Å². The van der Waals surface area contributed by atoms with Crippen LogP contribution in [0.5, 0.6) is 0 Å². The third-order valence-electron chi connectivity index (χ3n) is 6.56. The third kappa shape index (κ3) is 4.50. The lowest BCUT2D eigenvalue weighted by Crippen LogP contribution is -2.47. The van der Waals surface area contributed by atoms with E-state index < -0.39 is 15.7 Å². The van der Waals surface area contributed by atoms with Gasteiger partial charge in [0.25, 0.3) is 0 Å². The second-order valence-corrected chi connectivity index (χ2v) is 11.4. The number of carbonyl (C=O) groups is 1. The molecular formula is C22H25ClFN5O3S. The van der Waals surface area contributed by atoms with Gasteiger partial charge in [-0.25, -0.2) is 22.8 Å². The fourth-order valence-electron chi connectivity index (χ4n) is 4.61. The van der Waals surface area contributed by atoms with E-state index in [1.165, 1.54) is 24.5 Å². The number of anilines is 2. The van der Waals surface area contributed by atoms with Crippen molar-refractivity contribution < 1.29 is 17.6 Å². The van der Waals surface area contributed by atoms with Crippen LogP contribution in [-0.4, -0.2) is 66.2 Å². The van der Waals surface area contributed by atoms with Gasteiger partial charge in [0, 0.05) is 31.9 Å². The van der Waals surface area contributed by atoms with Gasteiger partial charge >= 0.3 is 0 Å². The lowest BCUT2D eigenvalue weighted by molar-refractivity contribution is -0.130. The molecule has 0 unspecified atom stereocenters. The van der Waals surface area contributed by atoms with E-state index in [0.717, 1.165) is 12.8 Å². The molecule has 11 heteroatoms. The second-order valence-electron chi connectivity index (χ2n) is 8.82. The standard InChI is InChI=1S/C22H25ClFN5O3S/c23-14-11-18(24)21(26-12-14)28-8-5-16(6-9-28)29-10-7-19(22(29)30)27-15-1-4-20(25-13-15)33(31,32)17-2-3-17/h1,4,11-13,16-17,19,27H,2-3,5-10H2/t19-/m0/s1. The second kappa shape index (κ2) is 8.72. The van der Waals surface area contributed by atoms with Gasteiger partial charge in [0.15, 0.2) is 26.5 Å². The molecule has 0 spiro atoms. The summed E-state index contributed by atoms with van der Waals surface area (Å²) in [6.07, 6.45) is 6.44. The molecule has 2 saturated heterocycles. The topological polar surface area (TPSA) is 95.5 Å². The van der Waals surface area contributed by atoms with Crippen molar-refractivity contribution >= 4 is 38.9 Å². The van der Waals surface area contributed by atoms with E-state index in [9.17, 15) is 17.6 Å². The molecule has 4 heterocycles. The summed E-state index contributed by atoms with van der Waals surface area (Å²) in [6, 6.07) is 4.17. The molecule has 5 rings (SSSR count). The number of amides is 1. The zero-order valence-corrected chi connectivity index (χ0v) is 19.5. The average molecular weight is 494 g/mol. The molecule has 33 heavy (non-hydrogen) atoms. The van der Waals surface area contributed by atoms with Crippen molar-refractivity contribution in [1.29, 1.82) is 0 Å². The summed E-state index contributed by atoms with van der Waals surface area (Å²) < 4.78 is 38.8. The Balaban J connectivity index is 1.17. The highest BCUT2D eigenvalue weighted by Crippen LogP contribution is 2.33. The van der Waals surface area contributed by atoms with Crippen LogP contribution in [0.4, 0.5) is 15.9 Å². The van der Waals surface area contributed by atoms with Gasteiger partial charge in [-0.15, -0.1) is 0 Å². The molecule has 0 bridgehead atoms. The van der Waals surface area contributed by atoms with Crippen LogP contribution in [0.25, 0.3) is 0 Å². The first-order valence-corrected chi connectivity index (χ1v) is 13.1. The molecule has 0 aromatic carbocycles. The van der Waals surface area contributed by atoms with Gasteiger partial charge in [-0.05, 0) is 50.3 Å². The Bertz CT molecular complexity index is 1150. The van der Waals surface area contributed by atoms with Gasteiger partial charge in [0.05, 0.1) is 22.2 Å². The maximum atomic E-state index is 14.2. The molecule has 176 valence electrons. The third-order valence-corrected chi connectivity index (χ3v) is 8.95. The number of nitrogens with one attached hydrogen (secondary N) is 1. The maximum Gasteiger partial charge on any atom is 0.245 e. The van der Waals surface area contributed by atoms with E-state index in [-0.39, 0.29) is 33.3 Å². The molecule has 2 aromatic rings. The number of nitrogens with zero attached hydrogens (tertiary/aromatic N) is 4. The molecule has 2 aromatic heterocycles. The van der Waals surface area contributed by atoms with Crippen LogP contribution in [0.3, 0.4) is 0 Å². The fraction of sp³-hybridized carbons (Fsp3) is 0.500. The number of halogens is 2. The van der Waals surface area contributed by atoms with Gasteiger partial charge in [0.1, 0.15) is 6.04 Å². The van der Waals surface area contributed by atoms with Crippen molar-refractivity contribution in [2.45, 2.75) is 54.5 Å². The largest absolute Gasteiger partial charge is 0.372 e. The highest BCUT2D eigenvalue weighted by Gasteiger charge is 2.39. The monoisotopic (exact) mass is 493 g/mol. The van der Waals surface area contributed by atoms with Gasteiger partial charge < -0.3 is 15.1 Å². The Morgan fingerprint density at radius 3 is 2.42 bits per heavy atom.